The smallest absolute Gasteiger partial charge is 0.320 e. The SMILES string of the molecule is COC(=O)C12CN(C)CC(C(=O)OC)(C(c3cccc(C)n3)N(C)C1c1cccc(C)n1)C2(O)O. The van der Waals surface area contributed by atoms with Gasteiger partial charge in [0.15, 0.2) is 10.8 Å². The zero-order valence-electron chi connectivity index (χ0n) is 20.8. The first-order valence-corrected chi connectivity index (χ1v) is 11.4. The van der Waals surface area contributed by atoms with Crippen molar-refractivity contribution in [3.8, 4) is 0 Å². The fraction of sp³-hybridized carbons (Fsp3) is 0.520. The maximum Gasteiger partial charge on any atom is 0.320 e. The third-order valence-electron chi connectivity index (χ3n) is 7.51. The molecule has 2 saturated heterocycles. The Morgan fingerprint density at radius 1 is 0.857 bits per heavy atom. The molecule has 4 rings (SSSR count). The Bertz CT molecular complexity index is 1070. The number of nitrogens with zero attached hydrogens (tertiary/aromatic N) is 4. The number of carbonyl (C=O) groups is 2. The summed E-state index contributed by atoms with van der Waals surface area (Å²) in [5.74, 6) is -4.61. The molecular weight excluding hydrogens is 452 g/mol. The van der Waals surface area contributed by atoms with Gasteiger partial charge in [-0.25, -0.2) is 0 Å². The van der Waals surface area contributed by atoms with Crippen molar-refractivity contribution in [3.05, 3.63) is 59.2 Å². The van der Waals surface area contributed by atoms with Gasteiger partial charge in [-0.1, -0.05) is 12.1 Å². The van der Waals surface area contributed by atoms with E-state index in [0.29, 0.717) is 22.8 Å². The minimum atomic E-state index is -2.88. The predicted molar refractivity (Wildman–Crippen MR) is 125 cm³/mol. The number of piperidine rings is 2. The molecule has 2 aliphatic heterocycles. The third-order valence-corrected chi connectivity index (χ3v) is 7.51. The number of likely N-dealkylation sites (tertiary alicyclic amines) is 2. The lowest BCUT2D eigenvalue weighted by Gasteiger charge is -2.67. The molecule has 10 heteroatoms. The molecule has 0 saturated carbocycles. The monoisotopic (exact) mass is 484 g/mol. The Labute approximate surface area is 204 Å². The number of aliphatic hydroxyl groups is 2. The first-order chi connectivity index (χ1) is 16.5. The predicted octanol–water partition coefficient (Wildman–Crippen LogP) is 0.766. The molecule has 4 unspecified atom stereocenters. The van der Waals surface area contributed by atoms with E-state index in [1.54, 1.807) is 48.2 Å². The molecule has 2 aromatic rings. The summed E-state index contributed by atoms with van der Waals surface area (Å²) in [5.41, 5.74) is -1.74. The molecule has 4 atom stereocenters. The second-order valence-corrected chi connectivity index (χ2v) is 9.65. The van der Waals surface area contributed by atoms with E-state index >= 15 is 0 Å². The lowest BCUT2D eigenvalue weighted by molar-refractivity contribution is -0.374. The largest absolute Gasteiger partial charge is 0.468 e. The molecule has 2 aliphatic rings. The van der Waals surface area contributed by atoms with Crippen LogP contribution in [0.5, 0.6) is 0 Å². The quantitative estimate of drug-likeness (QED) is 0.475. The summed E-state index contributed by atoms with van der Waals surface area (Å²) in [7, 11) is 5.84. The van der Waals surface area contributed by atoms with Gasteiger partial charge in [-0.05, 0) is 52.2 Å². The molecule has 0 aromatic carbocycles. The second-order valence-electron chi connectivity index (χ2n) is 9.65. The number of hydrogen-bond acceptors (Lipinski definition) is 10. The van der Waals surface area contributed by atoms with Crippen LogP contribution in [0.15, 0.2) is 36.4 Å². The Hall–Kier alpha value is -2.92. The van der Waals surface area contributed by atoms with Crippen LogP contribution in [0.2, 0.25) is 0 Å². The Morgan fingerprint density at radius 3 is 1.60 bits per heavy atom. The number of carbonyl (C=O) groups excluding carboxylic acids is 2. The summed E-state index contributed by atoms with van der Waals surface area (Å²) in [6.45, 7) is 3.44. The van der Waals surface area contributed by atoms with Crippen molar-refractivity contribution in [2.45, 2.75) is 31.7 Å². The normalized spacial score (nSPS) is 30.5. The molecule has 0 spiro atoms. The van der Waals surface area contributed by atoms with E-state index in [9.17, 15) is 19.8 Å². The van der Waals surface area contributed by atoms with Gasteiger partial charge in [-0.15, -0.1) is 0 Å². The number of aromatic nitrogens is 2. The fourth-order valence-electron chi connectivity index (χ4n) is 6.28. The minimum absolute atomic E-state index is 0.0932. The molecule has 0 aliphatic carbocycles. The number of rotatable bonds is 4. The summed E-state index contributed by atoms with van der Waals surface area (Å²) in [5, 5.41) is 24.3. The highest BCUT2D eigenvalue weighted by atomic mass is 16.6. The van der Waals surface area contributed by atoms with E-state index in [1.165, 1.54) is 14.2 Å². The van der Waals surface area contributed by atoms with E-state index in [2.05, 4.69) is 9.97 Å². The molecule has 35 heavy (non-hydrogen) atoms. The lowest BCUT2D eigenvalue weighted by Crippen LogP contribution is -2.83. The summed E-state index contributed by atoms with van der Waals surface area (Å²) in [6.07, 6.45) is 0. The van der Waals surface area contributed by atoms with Crippen LogP contribution in [0.1, 0.15) is 34.9 Å². The van der Waals surface area contributed by atoms with Gasteiger partial charge in [0.2, 0.25) is 5.79 Å². The molecule has 2 aromatic heterocycles. The topological polar surface area (TPSA) is 125 Å². The minimum Gasteiger partial charge on any atom is -0.468 e. The highest BCUT2D eigenvalue weighted by molar-refractivity contribution is 5.87. The summed E-state index contributed by atoms with van der Waals surface area (Å²) in [6, 6.07) is 8.73. The van der Waals surface area contributed by atoms with Gasteiger partial charge >= 0.3 is 11.9 Å². The van der Waals surface area contributed by atoms with Crippen molar-refractivity contribution in [3.63, 3.8) is 0 Å². The number of hydrogen-bond donors (Lipinski definition) is 2. The summed E-state index contributed by atoms with van der Waals surface area (Å²) < 4.78 is 10.4. The van der Waals surface area contributed by atoms with Gasteiger partial charge in [0, 0.05) is 24.5 Å². The van der Waals surface area contributed by atoms with Crippen molar-refractivity contribution in [1.29, 1.82) is 0 Å². The maximum absolute atomic E-state index is 13.6. The first-order valence-electron chi connectivity index (χ1n) is 11.4. The van der Waals surface area contributed by atoms with Crippen LogP contribution in [0, 0.1) is 24.7 Å². The van der Waals surface area contributed by atoms with Crippen molar-refractivity contribution in [2.75, 3.05) is 41.4 Å². The summed E-state index contributed by atoms with van der Waals surface area (Å²) >= 11 is 0. The van der Waals surface area contributed by atoms with Crippen LogP contribution >= 0.6 is 0 Å². The molecule has 10 nitrogen and oxygen atoms in total. The van der Waals surface area contributed by atoms with Crippen LogP contribution < -0.4 is 0 Å². The summed E-state index contributed by atoms with van der Waals surface area (Å²) in [4.78, 5) is 40.1. The molecular formula is C25H32N4O6. The van der Waals surface area contributed by atoms with Crippen molar-refractivity contribution in [1.82, 2.24) is 19.8 Å². The van der Waals surface area contributed by atoms with E-state index in [-0.39, 0.29) is 13.1 Å². The van der Waals surface area contributed by atoms with Gasteiger partial charge in [0.25, 0.3) is 0 Å². The number of methoxy groups -OCH3 is 2. The standard InChI is InChI=1S/C25H32N4O6/c1-15-9-7-11-17(26-15)19-23(21(30)34-5)13-28(3)14-24(22(31)35-6,25(23,32)33)20(29(19)4)18-12-8-10-16(2)27-18/h7-12,19-20,32-33H,13-14H2,1-6H3. The van der Waals surface area contributed by atoms with Crippen LogP contribution in [0.4, 0.5) is 0 Å². The van der Waals surface area contributed by atoms with Crippen molar-refractivity contribution >= 4 is 11.9 Å². The Kier molecular flexibility index (Phi) is 6.21. The average molecular weight is 485 g/mol. The van der Waals surface area contributed by atoms with E-state index in [1.807, 2.05) is 26.0 Å². The number of fused-ring (bicyclic) bond motifs is 2. The van der Waals surface area contributed by atoms with E-state index in [0.717, 1.165) is 0 Å². The van der Waals surface area contributed by atoms with E-state index < -0.39 is 40.6 Å². The highest BCUT2D eigenvalue weighted by Gasteiger charge is 2.82. The Balaban J connectivity index is 2.14. The van der Waals surface area contributed by atoms with Crippen LogP contribution in [0.3, 0.4) is 0 Å². The van der Waals surface area contributed by atoms with Crippen molar-refractivity contribution in [2.24, 2.45) is 10.8 Å². The van der Waals surface area contributed by atoms with Gasteiger partial charge < -0.3 is 24.6 Å². The highest BCUT2D eigenvalue weighted by Crippen LogP contribution is 2.66. The van der Waals surface area contributed by atoms with Gasteiger partial charge in [0.1, 0.15) is 0 Å². The Morgan fingerprint density at radius 2 is 1.26 bits per heavy atom. The molecule has 2 bridgehead atoms. The van der Waals surface area contributed by atoms with Gasteiger partial charge in [-0.2, -0.15) is 0 Å². The molecule has 2 N–H and O–H groups in total. The average Bonchev–Trinajstić information content (AvgIpc) is 2.80. The second kappa shape index (κ2) is 8.63. The maximum atomic E-state index is 13.6. The number of ether oxygens (including phenoxy) is 2. The molecule has 2 fully saturated rings. The number of aryl methyl sites for hydroxylation is 2. The van der Waals surface area contributed by atoms with Gasteiger partial charge in [0.05, 0.1) is 37.7 Å². The van der Waals surface area contributed by atoms with Crippen LogP contribution in [-0.4, -0.2) is 89.1 Å². The van der Waals surface area contributed by atoms with Crippen LogP contribution in [-0.2, 0) is 19.1 Å². The van der Waals surface area contributed by atoms with E-state index in [4.69, 9.17) is 9.47 Å². The number of esters is 2. The fourth-order valence-corrected chi connectivity index (χ4v) is 6.28. The van der Waals surface area contributed by atoms with Gasteiger partial charge in [-0.3, -0.25) is 24.5 Å². The molecule has 0 radical (unpaired) electrons. The zero-order valence-corrected chi connectivity index (χ0v) is 20.8. The third kappa shape index (κ3) is 3.31. The lowest BCUT2D eigenvalue weighted by atomic mass is 9.51. The molecule has 4 heterocycles. The molecule has 188 valence electrons. The van der Waals surface area contributed by atoms with Crippen molar-refractivity contribution < 1.29 is 29.3 Å². The molecule has 0 amide bonds. The number of pyridine rings is 2. The first kappa shape index (κ1) is 25.2. The van der Waals surface area contributed by atoms with Crippen LogP contribution in [0.25, 0.3) is 0 Å². The zero-order chi connectivity index (χ0) is 25.8.